The van der Waals surface area contributed by atoms with Crippen LogP contribution in [0.2, 0.25) is 0 Å². The molecule has 0 aromatic heterocycles. The van der Waals surface area contributed by atoms with E-state index in [4.69, 9.17) is 0 Å². The standard InChI is InChI=1S/C21H12BF9O3/c1-32-10-4-7(23)16(26)13(19(10)29)22(14-17(27)8(24)5-11(33-2)20(14)30)15-18(28)9(25)6-12(34-3)21(15)31/h4-6H,1-3H3. The van der Waals surface area contributed by atoms with Crippen molar-refractivity contribution >= 4 is 23.1 Å². The van der Waals surface area contributed by atoms with E-state index >= 15 is 13.2 Å². The van der Waals surface area contributed by atoms with Crippen LogP contribution in [0.3, 0.4) is 0 Å². The summed E-state index contributed by atoms with van der Waals surface area (Å²) in [5.74, 6) is -20.7. The second kappa shape index (κ2) is 9.39. The normalized spacial score (nSPS) is 10.9. The fourth-order valence-electron chi connectivity index (χ4n) is 3.44. The molecular weight excluding hydrogens is 482 g/mol. The second-order valence-electron chi connectivity index (χ2n) is 6.74. The molecule has 0 N–H and O–H groups in total. The zero-order valence-corrected chi connectivity index (χ0v) is 17.4. The first-order valence-corrected chi connectivity index (χ1v) is 9.14. The highest BCUT2D eigenvalue weighted by molar-refractivity contribution is 6.96. The molecule has 3 aromatic carbocycles. The Morgan fingerprint density at radius 1 is 0.441 bits per heavy atom. The average molecular weight is 494 g/mol. The van der Waals surface area contributed by atoms with Gasteiger partial charge in [-0.15, -0.1) is 0 Å². The molecule has 0 bridgehead atoms. The molecule has 0 aliphatic carbocycles. The van der Waals surface area contributed by atoms with Crippen LogP contribution in [-0.4, -0.2) is 28.0 Å². The van der Waals surface area contributed by atoms with Gasteiger partial charge in [0.1, 0.15) is 0 Å². The topological polar surface area (TPSA) is 27.7 Å². The van der Waals surface area contributed by atoms with Crippen LogP contribution in [0.1, 0.15) is 0 Å². The summed E-state index contributed by atoms with van der Waals surface area (Å²) in [4.78, 5) is 0. The predicted octanol–water partition coefficient (Wildman–Crippen LogP) is 3.48. The lowest BCUT2D eigenvalue weighted by Gasteiger charge is -2.22. The molecule has 3 aromatic rings. The minimum atomic E-state index is -2.96. The third-order valence-electron chi connectivity index (χ3n) is 5.00. The predicted molar refractivity (Wildman–Crippen MR) is 103 cm³/mol. The van der Waals surface area contributed by atoms with E-state index in [0.29, 0.717) is 0 Å². The van der Waals surface area contributed by atoms with Crippen LogP contribution in [-0.2, 0) is 0 Å². The second-order valence-corrected chi connectivity index (χ2v) is 6.74. The number of hydrogen-bond acceptors (Lipinski definition) is 3. The van der Waals surface area contributed by atoms with E-state index in [1.54, 1.807) is 0 Å². The van der Waals surface area contributed by atoms with Crippen molar-refractivity contribution in [3.05, 3.63) is 70.6 Å². The van der Waals surface area contributed by atoms with Crippen LogP contribution in [0, 0.1) is 52.4 Å². The maximum atomic E-state index is 15.2. The summed E-state index contributed by atoms with van der Waals surface area (Å²) in [5.41, 5.74) is -5.10. The summed E-state index contributed by atoms with van der Waals surface area (Å²) in [7, 11) is 2.44. The molecular formula is C21H12BF9O3. The fraction of sp³-hybridized carbons (Fsp3) is 0.143. The number of benzene rings is 3. The maximum Gasteiger partial charge on any atom is 0.265 e. The summed E-state index contributed by atoms with van der Waals surface area (Å²) >= 11 is 0. The van der Waals surface area contributed by atoms with Crippen LogP contribution in [0.4, 0.5) is 39.5 Å². The molecule has 180 valence electrons. The molecule has 0 saturated heterocycles. The highest BCUT2D eigenvalue weighted by Gasteiger charge is 2.42. The Bertz CT molecular complexity index is 1130. The average Bonchev–Trinajstić information content (AvgIpc) is 2.80. The van der Waals surface area contributed by atoms with Gasteiger partial charge in [-0.1, -0.05) is 0 Å². The highest BCUT2D eigenvalue weighted by Crippen LogP contribution is 2.26. The minimum Gasteiger partial charge on any atom is -0.494 e. The van der Waals surface area contributed by atoms with E-state index in [1.165, 1.54) is 0 Å². The van der Waals surface area contributed by atoms with Crippen LogP contribution < -0.4 is 30.6 Å². The first-order chi connectivity index (χ1) is 16.0. The third kappa shape index (κ3) is 3.88. The largest absolute Gasteiger partial charge is 0.494 e. The number of methoxy groups -OCH3 is 3. The molecule has 0 aliphatic rings. The number of hydrogen-bond donors (Lipinski definition) is 0. The maximum absolute atomic E-state index is 15.2. The van der Waals surface area contributed by atoms with E-state index in [9.17, 15) is 26.3 Å². The van der Waals surface area contributed by atoms with Crippen molar-refractivity contribution in [2.24, 2.45) is 0 Å². The molecule has 0 amide bonds. The summed E-state index contributed by atoms with van der Waals surface area (Å²) in [6.45, 7) is -2.96. The minimum absolute atomic E-state index is 0.211. The van der Waals surface area contributed by atoms with Gasteiger partial charge < -0.3 is 14.2 Å². The monoisotopic (exact) mass is 494 g/mol. The van der Waals surface area contributed by atoms with Crippen molar-refractivity contribution in [2.75, 3.05) is 21.3 Å². The fourth-order valence-corrected chi connectivity index (χ4v) is 3.44. The van der Waals surface area contributed by atoms with E-state index in [-0.39, 0.29) is 18.2 Å². The Labute approximate surface area is 186 Å². The lowest BCUT2D eigenvalue weighted by atomic mass is 9.36. The van der Waals surface area contributed by atoms with Gasteiger partial charge in [-0.3, -0.25) is 0 Å². The highest BCUT2D eigenvalue weighted by atomic mass is 19.2. The first kappa shape index (κ1) is 25.1. The van der Waals surface area contributed by atoms with Crippen molar-refractivity contribution in [1.29, 1.82) is 0 Å². The molecule has 0 atom stereocenters. The Hall–Kier alpha value is -3.51. The summed E-state index contributed by atoms with van der Waals surface area (Å²) < 4.78 is 147. The molecule has 3 rings (SSSR count). The van der Waals surface area contributed by atoms with Crippen molar-refractivity contribution in [2.45, 2.75) is 0 Å². The third-order valence-corrected chi connectivity index (χ3v) is 5.00. The van der Waals surface area contributed by atoms with Crippen molar-refractivity contribution in [1.82, 2.24) is 0 Å². The number of ether oxygens (including phenoxy) is 3. The van der Waals surface area contributed by atoms with Crippen LogP contribution in [0.25, 0.3) is 0 Å². The van der Waals surface area contributed by atoms with Gasteiger partial charge in [0, 0.05) is 34.6 Å². The Kier molecular flexibility index (Phi) is 6.94. The van der Waals surface area contributed by atoms with Gasteiger partial charge in [0.15, 0.2) is 69.6 Å². The van der Waals surface area contributed by atoms with Crippen molar-refractivity contribution in [3.8, 4) is 17.2 Å². The van der Waals surface area contributed by atoms with E-state index in [1.807, 2.05) is 0 Å². The Balaban J connectivity index is 2.63. The van der Waals surface area contributed by atoms with Gasteiger partial charge in [-0.25, -0.2) is 39.5 Å². The van der Waals surface area contributed by atoms with Gasteiger partial charge in [-0.05, 0) is 0 Å². The molecule has 34 heavy (non-hydrogen) atoms. The smallest absolute Gasteiger partial charge is 0.265 e. The van der Waals surface area contributed by atoms with Crippen LogP contribution in [0.15, 0.2) is 18.2 Å². The molecule has 0 unspecified atom stereocenters. The zero-order chi connectivity index (χ0) is 25.5. The first-order valence-electron chi connectivity index (χ1n) is 9.14. The summed E-state index contributed by atoms with van der Waals surface area (Å²) in [6.07, 6.45) is 0. The van der Waals surface area contributed by atoms with Gasteiger partial charge in [0.2, 0.25) is 0 Å². The van der Waals surface area contributed by atoms with E-state index < -0.39 is 92.7 Å². The number of rotatable bonds is 6. The molecule has 0 spiro atoms. The van der Waals surface area contributed by atoms with Gasteiger partial charge in [0.05, 0.1) is 21.3 Å². The van der Waals surface area contributed by atoms with Crippen LogP contribution in [0.5, 0.6) is 17.2 Å². The van der Waals surface area contributed by atoms with E-state index in [2.05, 4.69) is 14.2 Å². The summed E-state index contributed by atoms with van der Waals surface area (Å²) in [5, 5.41) is 0. The number of halogens is 9. The zero-order valence-electron chi connectivity index (χ0n) is 17.4. The SMILES string of the molecule is COc1cc(F)c(F)c(B(c2c(F)c(F)cc(OC)c2F)c2c(F)c(F)cc(OC)c2F)c1F. The van der Waals surface area contributed by atoms with E-state index in [0.717, 1.165) is 21.3 Å². The van der Waals surface area contributed by atoms with Crippen molar-refractivity contribution < 1.29 is 53.7 Å². The molecule has 0 aliphatic heterocycles. The quantitative estimate of drug-likeness (QED) is 0.299. The lowest BCUT2D eigenvalue weighted by Crippen LogP contribution is -2.59. The molecule has 0 radical (unpaired) electrons. The Morgan fingerprint density at radius 3 is 0.882 bits per heavy atom. The van der Waals surface area contributed by atoms with Crippen molar-refractivity contribution in [3.63, 3.8) is 0 Å². The van der Waals surface area contributed by atoms with Gasteiger partial charge in [0.25, 0.3) is 6.71 Å². The molecule has 0 fully saturated rings. The van der Waals surface area contributed by atoms with Crippen LogP contribution >= 0.6 is 0 Å². The van der Waals surface area contributed by atoms with Gasteiger partial charge in [-0.2, -0.15) is 0 Å². The van der Waals surface area contributed by atoms with Gasteiger partial charge >= 0.3 is 0 Å². The molecule has 13 heteroatoms. The molecule has 3 nitrogen and oxygen atoms in total. The molecule has 0 saturated carbocycles. The summed E-state index contributed by atoms with van der Waals surface area (Å²) in [6, 6.07) is 0.634. The molecule has 0 heterocycles. The lowest BCUT2D eigenvalue weighted by molar-refractivity contribution is 0.377. The Morgan fingerprint density at radius 2 is 0.676 bits per heavy atom.